The summed E-state index contributed by atoms with van der Waals surface area (Å²) in [6, 6.07) is 5.48. The van der Waals surface area contributed by atoms with Crippen LogP contribution < -0.4 is 5.32 Å². The minimum absolute atomic E-state index is 0.149. The van der Waals surface area contributed by atoms with E-state index in [2.05, 4.69) is 19.2 Å². The van der Waals surface area contributed by atoms with Gasteiger partial charge >= 0.3 is 0 Å². The van der Waals surface area contributed by atoms with E-state index in [1.807, 2.05) is 6.07 Å². The number of hydrogen-bond donors (Lipinski definition) is 1. The summed E-state index contributed by atoms with van der Waals surface area (Å²) in [6.45, 7) is 5.32. The predicted molar refractivity (Wildman–Crippen MR) is 85.8 cm³/mol. The van der Waals surface area contributed by atoms with Crippen molar-refractivity contribution in [1.29, 1.82) is 0 Å². The maximum atomic E-state index is 11.2. The monoisotopic (exact) mass is 310 g/mol. The van der Waals surface area contributed by atoms with Gasteiger partial charge < -0.3 is 5.32 Å². The second-order valence-electron chi connectivity index (χ2n) is 6.08. The Kier molecular flexibility index (Phi) is 5.59. The first-order valence-corrected chi connectivity index (χ1v) is 8.05. The Bertz CT molecular complexity index is 507. The van der Waals surface area contributed by atoms with E-state index in [9.17, 15) is 10.1 Å². The molecule has 1 aliphatic rings. The molecule has 116 valence electrons. The first kappa shape index (κ1) is 16.2. The van der Waals surface area contributed by atoms with Crippen LogP contribution in [0.25, 0.3) is 0 Å². The van der Waals surface area contributed by atoms with Gasteiger partial charge in [-0.1, -0.05) is 31.5 Å². The molecule has 0 amide bonds. The zero-order valence-corrected chi connectivity index (χ0v) is 13.4. The molecule has 5 heteroatoms. The molecule has 0 spiro atoms. The average molecular weight is 311 g/mol. The summed E-state index contributed by atoms with van der Waals surface area (Å²) >= 11 is 5.89. The zero-order valence-electron chi connectivity index (χ0n) is 12.6. The molecule has 0 heterocycles. The first-order chi connectivity index (χ1) is 10.0. The SMILES string of the molecule is CCNC1CCC(C)CC1Cc1ccc(Cl)cc1[N+](=O)[O-]. The fourth-order valence-corrected chi connectivity index (χ4v) is 3.58. The molecule has 0 bridgehead atoms. The summed E-state index contributed by atoms with van der Waals surface area (Å²) in [5.74, 6) is 1.14. The Balaban J connectivity index is 2.20. The van der Waals surface area contributed by atoms with Gasteiger partial charge in [0.15, 0.2) is 0 Å². The van der Waals surface area contributed by atoms with Crippen LogP contribution in [-0.2, 0) is 6.42 Å². The molecule has 1 aromatic carbocycles. The van der Waals surface area contributed by atoms with Gasteiger partial charge in [-0.3, -0.25) is 10.1 Å². The molecule has 3 unspecified atom stereocenters. The lowest BCUT2D eigenvalue weighted by molar-refractivity contribution is -0.385. The highest BCUT2D eigenvalue weighted by Gasteiger charge is 2.30. The fraction of sp³-hybridized carbons (Fsp3) is 0.625. The van der Waals surface area contributed by atoms with Gasteiger partial charge in [-0.15, -0.1) is 0 Å². The van der Waals surface area contributed by atoms with Crippen molar-refractivity contribution >= 4 is 17.3 Å². The number of halogens is 1. The number of benzene rings is 1. The van der Waals surface area contributed by atoms with Crippen molar-refractivity contribution in [1.82, 2.24) is 5.32 Å². The quantitative estimate of drug-likeness (QED) is 0.655. The van der Waals surface area contributed by atoms with Gasteiger partial charge in [0, 0.05) is 22.7 Å². The van der Waals surface area contributed by atoms with Crippen molar-refractivity contribution in [3.05, 3.63) is 38.9 Å². The van der Waals surface area contributed by atoms with E-state index in [0.717, 1.165) is 31.4 Å². The molecule has 2 rings (SSSR count). The van der Waals surface area contributed by atoms with E-state index >= 15 is 0 Å². The molecule has 1 fully saturated rings. The number of hydrogen-bond acceptors (Lipinski definition) is 3. The van der Waals surface area contributed by atoms with Gasteiger partial charge in [-0.2, -0.15) is 0 Å². The molecule has 1 aromatic rings. The predicted octanol–water partition coefficient (Wildman–Crippen LogP) is 4.21. The second-order valence-corrected chi connectivity index (χ2v) is 6.51. The van der Waals surface area contributed by atoms with Crippen LogP contribution in [0.2, 0.25) is 5.02 Å². The fourth-order valence-electron chi connectivity index (χ4n) is 3.42. The molecule has 3 atom stereocenters. The highest BCUT2D eigenvalue weighted by molar-refractivity contribution is 6.30. The minimum Gasteiger partial charge on any atom is -0.314 e. The number of nitro benzene ring substituents is 1. The van der Waals surface area contributed by atoms with Crippen LogP contribution in [0.1, 0.15) is 38.7 Å². The van der Waals surface area contributed by atoms with E-state index in [1.165, 1.54) is 12.5 Å². The van der Waals surface area contributed by atoms with Crippen LogP contribution >= 0.6 is 11.6 Å². The molecule has 1 saturated carbocycles. The van der Waals surface area contributed by atoms with Crippen LogP contribution in [0, 0.1) is 22.0 Å². The number of rotatable bonds is 5. The van der Waals surface area contributed by atoms with Crippen molar-refractivity contribution in [2.75, 3.05) is 6.54 Å². The molecule has 4 nitrogen and oxygen atoms in total. The molecular formula is C16H23ClN2O2. The number of nitro groups is 1. The Morgan fingerprint density at radius 1 is 1.43 bits per heavy atom. The molecule has 1 aliphatic carbocycles. The Morgan fingerprint density at radius 2 is 2.19 bits per heavy atom. The smallest absolute Gasteiger partial charge is 0.274 e. The molecule has 1 N–H and O–H groups in total. The molecular weight excluding hydrogens is 288 g/mol. The summed E-state index contributed by atoms with van der Waals surface area (Å²) < 4.78 is 0. The van der Waals surface area contributed by atoms with Crippen LogP contribution in [0.5, 0.6) is 0 Å². The molecule has 0 radical (unpaired) electrons. The van der Waals surface area contributed by atoms with E-state index in [-0.39, 0.29) is 10.6 Å². The third-order valence-corrected chi connectivity index (χ3v) is 4.67. The van der Waals surface area contributed by atoms with Crippen LogP contribution in [0.4, 0.5) is 5.69 Å². The molecule has 0 saturated heterocycles. The summed E-state index contributed by atoms with van der Waals surface area (Å²) in [7, 11) is 0. The highest BCUT2D eigenvalue weighted by atomic mass is 35.5. The number of nitrogens with one attached hydrogen (secondary N) is 1. The Morgan fingerprint density at radius 3 is 2.86 bits per heavy atom. The normalized spacial score (nSPS) is 25.8. The van der Waals surface area contributed by atoms with Crippen LogP contribution in [-0.4, -0.2) is 17.5 Å². The van der Waals surface area contributed by atoms with Gasteiger partial charge in [0.25, 0.3) is 5.69 Å². The summed E-state index contributed by atoms with van der Waals surface area (Å²) in [5, 5.41) is 15.2. The van der Waals surface area contributed by atoms with Gasteiger partial charge in [-0.25, -0.2) is 0 Å². The maximum absolute atomic E-state index is 11.2. The Hall–Kier alpha value is -1.13. The number of nitrogens with zero attached hydrogens (tertiary/aromatic N) is 1. The van der Waals surface area contributed by atoms with E-state index in [1.54, 1.807) is 6.07 Å². The largest absolute Gasteiger partial charge is 0.314 e. The summed E-state index contributed by atoms with van der Waals surface area (Å²) in [5.41, 5.74) is 0.947. The first-order valence-electron chi connectivity index (χ1n) is 7.67. The summed E-state index contributed by atoms with van der Waals surface area (Å²) in [4.78, 5) is 10.9. The van der Waals surface area contributed by atoms with Crippen LogP contribution in [0.3, 0.4) is 0 Å². The van der Waals surface area contributed by atoms with E-state index in [4.69, 9.17) is 11.6 Å². The van der Waals surface area contributed by atoms with Crippen LogP contribution in [0.15, 0.2) is 18.2 Å². The lowest BCUT2D eigenvalue weighted by Crippen LogP contribution is -2.41. The standard InChI is InChI=1S/C16H23ClN2O2/c1-3-18-15-7-4-11(2)8-13(15)9-12-5-6-14(17)10-16(12)19(20)21/h5-6,10-11,13,15,18H,3-4,7-9H2,1-2H3. The van der Waals surface area contributed by atoms with Crippen molar-refractivity contribution in [2.45, 2.75) is 45.6 Å². The molecule has 0 aliphatic heterocycles. The van der Waals surface area contributed by atoms with Gasteiger partial charge in [0.2, 0.25) is 0 Å². The topological polar surface area (TPSA) is 55.2 Å². The average Bonchev–Trinajstić information content (AvgIpc) is 2.43. The van der Waals surface area contributed by atoms with Crippen molar-refractivity contribution < 1.29 is 4.92 Å². The van der Waals surface area contributed by atoms with Gasteiger partial charge in [0.1, 0.15) is 0 Å². The van der Waals surface area contributed by atoms with Crippen molar-refractivity contribution in [3.8, 4) is 0 Å². The molecule has 21 heavy (non-hydrogen) atoms. The Labute approximate surface area is 131 Å². The third kappa shape index (κ3) is 4.17. The molecule has 0 aromatic heterocycles. The second kappa shape index (κ2) is 7.23. The summed E-state index contributed by atoms with van der Waals surface area (Å²) in [6.07, 6.45) is 4.25. The maximum Gasteiger partial charge on any atom is 0.274 e. The lowest BCUT2D eigenvalue weighted by Gasteiger charge is -2.35. The zero-order chi connectivity index (χ0) is 15.4. The van der Waals surface area contributed by atoms with E-state index < -0.39 is 0 Å². The minimum atomic E-state index is -0.324. The lowest BCUT2D eigenvalue weighted by atomic mass is 9.76. The van der Waals surface area contributed by atoms with Gasteiger partial charge in [0.05, 0.1) is 4.92 Å². The highest BCUT2D eigenvalue weighted by Crippen LogP contribution is 2.34. The van der Waals surface area contributed by atoms with Crippen molar-refractivity contribution in [2.24, 2.45) is 11.8 Å². The third-order valence-electron chi connectivity index (χ3n) is 4.44. The van der Waals surface area contributed by atoms with E-state index in [0.29, 0.717) is 22.9 Å². The van der Waals surface area contributed by atoms with Gasteiger partial charge in [-0.05, 0) is 50.1 Å². The van der Waals surface area contributed by atoms with Crippen molar-refractivity contribution in [3.63, 3.8) is 0 Å².